The first-order valence-corrected chi connectivity index (χ1v) is 7.39. The summed E-state index contributed by atoms with van der Waals surface area (Å²) < 4.78 is 1.74. The van der Waals surface area contributed by atoms with E-state index in [0.29, 0.717) is 12.0 Å². The highest BCUT2D eigenvalue weighted by atomic mass is 16.3. The molecular weight excluding hydrogens is 242 g/mol. The normalized spacial score (nSPS) is 32.8. The second-order valence-electron chi connectivity index (χ2n) is 5.91. The maximum atomic E-state index is 10.3. The summed E-state index contributed by atoms with van der Waals surface area (Å²) in [5.74, 6) is 1.36. The second kappa shape index (κ2) is 5.54. The highest BCUT2D eigenvalue weighted by molar-refractivity contribution is 4.93. The van der Waals surface area contributed by atoms with E-state index < -0.39 is 0 Å². The number of aromatic nitrogens is 4. The fourth-order valence-corrected chi connectivity index (χ4v) is 3.69. The molecule has 1 aliphatic heterocycles. The number of hydrogen-bond donors (Lipinski definition) is 1. The third-order valence-electron chi connectivity index (χ3n) is 4.74. The van der Waals surface area contributed by atoms with Gasteiger partial charge in [-0.1, -0.05) is 12.8 Å². The number of tetrazole rings is 1. The molecule has 0 bridgehead atoms. The molecule has 0 spiro atoms. The fraction of sp³-hybridized carbons (Fsp3) is 0.923. The SMILES string of the molecule is Cn1nnnc1CN1CCC[C@@H]1[C@H]1CCCC[C@H]1O. The number of likely N-dealkylation sites (tertiary alicyclic amines) is 1. The highest BCUT2D eigenvalue weighted by Crippen LogP contribution is 2.35. The van der Waals surface area contributed by atoms with Crippen LogP contribution in [0.4, 0.5) is 0 Å². The summed E-state index contributed by atoms with van der Waals surface area (Å²) in [5.41, 5.74) is 0. The van der Waals surface area contributed by atoms with E-state index in [9.17, 15) is 5.11 Å². The van der Waals surface area contributed by atoms with Crippen molar-refractivity contribution < 1.29 is 5.11 Å². The second-order valence-corrected chi connectivity index (χ2v) is 5.91. The van der Waals surface area contributed by atoms with Gasteiger partial charge in [-0.15, -0.1) is 5.10 Å². The molecule has 1 aromatic heterocycles. The van der Waals surface area contributed by atoms with Crippen LogP contribution in [-0.4, -0.2) is 48.9 Å². The largest absolute Gasteiger partial charge is 0.393 e. The van der Waals surface area contributed by atoms with Gasteiger partial charge < -0.3 is 5.11 Å². The lowest BCUT2D eigenvalue weighted by atomic mass is 9.80. The molecule has 6 nitrogen and oxygen atoms in total. The van der Waals surface area contributed by atoms with E-state index in [1.165, 1.54) is 32.1 Å². The summed E-state index contributed by atoms with van der Waals surface area (Å²) in [4.78, 5) is 2.46. The van der Waals surface area contributed by atoms with E-state index in [0.717, 1.165) is 25.3 Å². The quantitative estimate of drug-likeness (QED) is 0.872. The van der Waals surface area contributed by atoms with Gasteiger partial charge in [0.2, 0.25) is 0 Å². The van der Waals surface area contributed by atoms with Gasteiger partial charge in [-0.3, -0.25) is 4.90 Å². The van der Waals surface area contributed by atoms with Crippen LogP contribution in [0.15, 0.2) is 0 Å². The summed E-state index contributed by atoms with van der Waals surface area (Å²) >= 11 is 0. The molecule has 1 saturated carbocycles. The number of rotatable bonds is 3. The molecule has 0 amide bonds. The Balaban J connectivity index is 1.69. The van der Waals surface area contributed by atoms with Gasteiger partial charge in [0.15, 0.2) is 5.82 Å². The van der Waals surface area contributed by atoms with Gasteiger partial charge in [0.05, 0.1) is 12.6 Å². The van der Waals surface area contributed by atoms with Crippen LogP contribution in [0.25, 0.3) is 0 Å². The van der Waals surface area contributed by atoms with E-state index >= 15 is 0 Å². The Kier molecular flexibility index (Phi) is 3.79. The Morgan fingerprint density at radius 3 is 2.79 bits per heavy atom. The van der Waals surface area contributed by atoms with E-state index in [1.54, 1.807) is 4.68 Å². The van der Waals surface area contributed by atoms with Crippen molar-refractivity contribution in [2.45, 2.75) is 57.2 Å². The van der Waals surface area contributed by atoms with Gasteiger partial charge in [-0.25, -0.2) is 4.68 Å². The Morgan fingerprint density at radius 2 is 2.05 bits per heavy atom. The Hall–Kier alpha value is -1.01. The van der Waals surface area contributed by atoms with E-state index in [2.05, 4.69) is 20.4 Å². The Bertz CT molecular complexity index is 421. The molecule has 1 aliphatic carbocycles. The number of aryl methyl sites for hydroxylation is 1. The van der Waals surface area contributed by atoms with Crippen molar-refractivity contribution in [3.05, 3.63) is 5.82 Å². The lowest BCUT2D eigenvalue weighted by Crippen LogP contribution is -2.42. The molecule has 2 aliphatic rings. The average Bonchev–Trinajstić information content (AvgIpc) is 3.01. The molecular formula is C13H23N5O. The molecule has 0 aromatic carbocycles. The molecule has 1 N–H and O–H groups in total. The highest BCUT2D eigenvalue weighted by Gasteiger charge is 2.37. The summed E-state index contributed by atoms with van der Waals surface area (Å²) in [5, 5.41) is 21.9. The zero-order chi connectivity index (χ0) is 13.2. The smallest absolute Gasteiger partial charge is 0.164 e. The van der Waals surface area contributed by atoms with Crippen molar-refractivity contribution in [3.63, 3.8) is 0 Å². The van der Waals surface area contributed by atoms with Crippen LogP contribution in [0.5, 0.6) is 0 Å². The standard InChI is InChI=1S/C13H23N5O/c1-17-13(14-15-16-17)9-18-8-4-6-11(18)10-5-2-3-7-12(10)19/h10-12,19H,2-9H2,1H3/t10-,11-,12-/m1/s1. The zero-order valence-electron chi connectivity index (χ0n) is 11.6. The Labute approximate surface area is 113 Å². The van der Waals surface area contributed by atoms with Crippen LogP contribution >= 0.6 is 0 Å². The average molecular weight is 265 g/mol. The summed E-state index contributed by atoms with van der Waals surface area (Å²) in [6.45, 7) is 1.90. The topological polar surface area (TPSA) is 67.1 Å². The number of aliphatic hydroxyl groups is 1. The van der Waals surface area contributed by atoms with Crippen LogP contribution in [0.1, 0.15) is 44.3 Å². The number of nitrogens with zero attached hydrogens (tertiary/aromatic N) is 5. The molecule has 1 saturated heterocycles. The first-order valence-electron chi connectivity index (χ1n) is 7.39. The minimum atomic E-state index is -0.114. The molecule has 2 heterocycles. The van der Waals surface area contributed by atoms with Crippen LogP contribution in [0, 0.1) is 5.92 Å². The lowest BCUT2D eigenvalue weighted by molar-refractivity contribution is 0.0193. The van der Waals surface area contributed by atoms with Crippen molar-refractivity contribution in [1.29, 1.82) is 0 Å². The van der Waals surface area contributed by atoms with Gasteiger partial charge >= 0.3 is 0 Å². The molecule has 3 rings (SSSR count). The first kappa shape index (κ1) is 13.0. The number of hydrogen-bond acceptors (Lipinski definition) is 5. The predicted octanol–water partition coefficient (Wildman–Crippen LogP) is 0.726. The predicted molar refractivity (Wildman–Crippen MR) is 70.2 cm³/mol. The van der Waals surface area contributed by atoms with E-state index in [1.807, 2.05) is 7.05 Å². The monoisotopic (exact) mass is 265 g/mol. The minimum Gasteiger partial charge on any atom is -0.393 e. The fourth-order valence-electron chi connectivity index (χ4n) is 3.69. The van der Waals surface area contributed by atoms with Gasteiger partial charge in [-0.2, -0.15) is 0 Å². The molecule has 0 unspecified atom stereocenters. The maximum Gasteiger partial charge on any atom is 0.164 e. The van der Waals surface area contributed by atoms with Crippen molar-refractivity contribution in [2.75, 3.05) is 6.54 Å². The van der Waals surface area contributed by atoms with Crippen LogP contribution in [-0.2, 0) is 13.6 Å². The van der Waals surface area contributed by atoms with E-state index in [4.69, 9.17) is 0 Å². The first-order chi connectivity index (χ1) is 9.25. The summed E-state index contributed by atoms with van der Waals surface area (Å²) in [7, 11) is 1.88. The zero-order valence-corrected chi connectivity index (χ0v) is 11.6. The molecule has 19 heavy (non-hydrogen) atoms. The molecule has 2 fully saturated rings. The number of aliphatic hydroxyl groups excluding tert-OH is 1. The lowest BCUT2D eigenvalue weighted by Gasteiger charge is -2.36. The van der Waals surface area contributed by atoms with Crippen molar-refractivity contribution >= 4 is 0 Å². The molecule has 1 aromatic rings. The van der Waals surface area contributed by atoms with Crippen LogP contribution in [0.3, 0.4) is 0 Å². The van der Waals surface area contributed by atoms with Crippen LogP contribution in [0.2, 0.25) is 0 Å². The van der Waals surface area contributed by atoms with Crippen molar-refractivity contribution in [1.82, 2.24) is 25.1 Å². The third-order valence-corrected chi connectivity index (χ3v) is 4.74. The molecule has 3 atom stereocenters. The minimum absolute atomic E-state index is 0.114. The van der Waals surface area contributed by atoms with Gasteiger partial charge in [-0.05, 0) is 42.7 Å². The van der Waals surface area contributed by atoms with Crippen LogP contribution < -0.4 is 0 Å². The van der Waals surface area contributed by atoms with Crippen molar-refractivity contribution in [3.8, 4) is 0 Å². The molecule has 0 radical (unpaired) electrons. The maximum absolute atomic E-state index is 10.3. The Morgan fingerprint density at radius 1 is 1.21 bits per heavy atom. The molecule has 6 heteroatoms. The molecule has 106 valence electrons. The van der Waals surface area contributed by atoms with Gasteiger partial charge in [0.25, 0.3) is 0 Å². The van der Waals surface area contributed by atoms with E-state index in [-0.39, 0.29) is 6.10 Å². The van der Waals surface area contributed by atoms with Crippen molar-refractivity contribution in [2.24, 2.45) is 13.0 Å². The summed E-state index contributed by atoms with van der Waals surface area (Å²) in [6.07, 6.45) is 6.89. The summed E-state index contributed by atoms with van der Waals surface area (Å²) in [6, 6.07) is 0.506. The third kappa shape index (κ3) is 2.65. The van der Waals surface area contributed by atoms with Gasteiger partial charge in [0.1, 0.15) is 0 Å². The van der Waals surface area contributed by atoms with Gasteiger partial charge in [0, 0.05) is 19.0 Å².